The molecule has 0 saturated heterocycles. The average molecular weight is 352 g/mol. The number of amides is 1. The number of nitrogens with zero attached hydrogens (tertiary/aromatic N) is 2. The number of hydrogen-bond donors (Lipinski definition) is 1. The van der Waals surface area contributed by atoms with E-state index in [9.17, 15) is 18.0 Å². The van der Waals surface area contributed by atoms with Crippen LogP contribution in [0, 0.1) is 5.95 Å². The first-order chi connectivity index (χ1) is 10.3. The molecule has 0 aliphatic rings. The van der Waals surface area contributed by atoms with Gasteiger partial charge in [-0.25, -0.2) is 13.5 Å². The summed E-state index contributed by atoms with van der Waals surface area (Å²) in [7, 11) is 1.13. The average Bonchev–Trinajstić information content (AvgIpc) is 2.76. The summed E-state index contributed by atoms with van der Waals surface area (Å²) >= 11 is 11.7. The quantitative estimate of drug-likeness (QED) is 0.912. The van der Waals surface area contributed by atoms with Crippen molar-refractivity contribution in [2.45, 2.75) is 13.0 Å². The number of hydrogen-bond acceptors (Lipinski definition) is 2. The smallest absolute Gasteiger partial charge is 0.283 e. The van der Waals surface area contributed by atoms with Crippen molar-refractivity contribution in [2.75, 3.05) is 0 Å². The molecule has 0 fully saturated rings. The molecule has 0 saturated carbocycles. The molecule has 0 bridgehead atoms. The minimum atomic E-state index is -3.06. The van der Waals surface area contributed by atoms with E-state index in [4.69, 9.17) is 23.2 Å². The Balaban J connectivity index is 2.21. The zero-order valence-electron chi connectivity index (χ0n) is 11.2. The summed E-state index contributed by atoms with van der Waals surface area (Å²) in [4.78, 5) is 12.0. The molecule has 2 aromatic rings. The Morgan fingerprint density at radius 1 is 1.41 bits per heavy atom. The van der Waals surface area contributed by atoms with Crippen LogP contribution in [0.5, 0.6) is 0 Å². The third kappa shape index (κ3) is 3.36. The summed E-state index contributed by atoms with van der Waals surface area (Å²) in [6.07, 6.45) is -3.06. The van der Waals surface area contributed by atoms with E-state index in [1.807, 2.05) is 0 Å². The van der Waals surface area contributed by atoms with Gasteiger partial charge in [-0.1, -0.05) is 23.2 Å². The van der Waals surface area contributed by atoms with Crippen molar-refractivity contribution in [3.63, 3.8) is 0 Å². The maximum absolute atomic E-state index is 13.8. The van der Waals surface area contributed by atoms with Crippen LogP contribution >= 0.6 is 23.2 Å². The van der Waals surface area contributed by atoms with Crippen LogP contribution in [0.4, 0.5) is 13.2 Å². The Bertz CT molecular complexity index is 719. The molecule has 1 aromatic carbocycles. The summed E-state index contributed by atoms with van der Waals surface area (Å²) in [5, 5.41) is 6.36. The van der Waals surface area contributed by atoms with Gasteiger partial charge in [-0.05, 0) is 23.8 Å². The lowest BCUT2D eigenvalue weighted by Crippen LogP contribution is -2.25. The van der Waals surface area contributed by atoms with Gasteiger partial charge >= 0.3 is 0 Å². The minimum Gasteiger partial charge on any atom is -0.348 e. The molecule has 1 amide bonds. The number of aryl methyl sites for hydroxylation is 1. The first-order valence-corrected chi connectivity index (χ1v) is 6.79. The van der Waals surface area contributed by atoms with Crippen molar-refractivity contribution < 1.29 is 18.0 Å². The second-order valence-corrected chi connectivity index (χ2v) is 5.24. The van der Waals surface area contributed by atoms with Gasteiger partial charge in [0.1, 0.15) is 11.3 Å². The van der Waals surface area contributed by atoms with E-state index < -0.39 is 29.5 Å². The van der Waals surface area contributed by atoms with Crippen LogP contribution in [-0.2, 0) is 13.6 Å². The molecule has 9 heteroatoms. The van der Waals surface area contributed by atoms with Gasteiger partial charge in [-0.15, -0.1) is 0 Å². The Morgan fingerprint density at radius 3 is 2.73 bits per heavy atom. The van der Waals surface area contributed by atoms with Crippen LogP contribution in [0.3, 0.4) is 0 Å². The second kappa shape index (κ2) is 6.58. The molecule has 4 nitrogen and oxygen atoms in total. The molecule has 1 aromatic heterocycles. The first-order valence-electron chi connectivity index (χ1n) is 6.04. The van der Waals surface area contributed by atoms with E-state index in [-0.39, 0.29) is 6.54 Å². The number of rotatable bonds is 4. The van der Waals surface area contributed by atoms with Gasteiger partial charge in [0.05, 0.1) is 0 Å². The van der Waals surface area contributed by atoms with Crippen molar-refractivity contribution in [1.82, 2.24) is 15.1 Å². The van der Waals surface area contributed by atoms with E-state index in [2.05, 4.69) is 10.4 Å². The number of benzene rings is 1. The zero-order chi connectivity index (χ0) is 16.4. The molecule has 1 N–H and O–H groups in total. The van der Waals surface area contributed by atoms with Crippen molar-refractivity contribution in [1.29, 1.82) is 0 Å². The lowest BCUT2D eigenvalue weighted by molar-refractivity contribution is 0.0931. The van der Waals surface area contributed by atoms with Crippen LogP contribution in [0.1, 0.15) is 28.0 Å². The maximum atomic E-state index is 13.8. The molecule has 0 spiro atoms. The summed E-state index contributed by atoms with van der Waals surface area (Å²) in [5.74, 6) is -2.14. The molecule has 2 rings (SSSR count). The monoisotopic (exact) mass is 351 g/mol. The highest BCUT2D eigenvalue weighted by atomic mass is 35.5. The van der Waals surface area contributed by atoms with E-state index in [1.54, 1.807) is 6.07 Å². The predicted molar refractivity (Wildman–Crippen MR) is 75.8 cm³/mol. The third-order valence-electron chi connectivity index (χ3n) is 2.89. The van der Waals surface area contributed by atoms with Gasteiger partial charge in [-0.2, -0.15) is 9.49 Å². The summed E-state index contributed by atoms with van der Waals surface area (Å²) in [6, 6.07) is 4.60. The maximum Gasteiger partial charge on any atom is 0.283 e. The van der Waals surface area contributed by atoms with Gasteiger partial charge in [0.25, 0.3) is 12.3 Å². The van der Waals surface area contributed by atoms with E-state index in [0.717, 1.165) is 7.05 Å². The lowest BCUT2D eigenvalue weighted by Gasteiger charge is -2.07. The van der Waals surface area contributed by atoms with E-state index in [1.165, 1.54) is 12.1 Å². The molecule has 1 heterocycles. The second-order valence-electron chi connectivity index (χ2n) is 4.39. The minimum absolute atomic E-state index is 0.0881. The summed E-state index contributed by atoms with van der Waals surface area (Å²) in [6.45, 7) is -0.0881. The number of alkyl halides is 2. The molecule has 0 aliphatic heterocycles. The Kier molecular flexibility index (Phi) is 4.97. The van der Waals surface area contributed by atoms with Crippen LogP contribution < -0.4 is 5.32 Å². The largest absolute Gasteiger partial charge is 0.348 e. The molecule has 0 unspecified atom stereocenters. The number of carbonyl (C=O) groups excluding carboxylic acids is 1. The van der Waals surface area contributed by atoms with Crippen molar-refractivity contribution >= 4 is 29.1 Å². The molecule has 0 aliphatic carbocycles. The molecule has 0 radical (unpaired) electrons. The van der Waals surface area contributed by atoms with Gasteiger partial charge in [-0.3, -0.25) is 4.79 Å². The third-order valence-corrected chi connectivity index (χ3v) is 3.49. The van der Waals surface area contributed by atoms with Crippen LogP contribution in [0.15, 0.2) is 18.2 Å². The predicted octanol–water partition coefficient (Wildman–Crippen LogP) is 3.73. The first kappa shape index (κ1) is 16.6. The molecule has 0 atom stereocenters. The van der Waals surface area contributed by atoms with Crippen LogP contribution in [0.2, 0.25) is 10.0 Å². The van der Waals surface area contributed by atoms with Gasteiger partial charge in [0.15, 0.2) is 0 Å². The lowest BCUT2D eigenvalue weighted by atomic mass is 10.2. The fourth-order valence-corrected chi connectivity index (χ4v) is 2.21. The number of halogens is 5. The normalized spacial score (nSPS) is 11.0. The summed E-state index contributed by atoms with van der Waals surface area (Å²) < 4.78 is 39.9. The van der Waals surface area contributed by atoms with Crippen molar-refractivity contribution in [3.8, 4) is 0 Å². The van der Waals surface area contributed by atoms with Gasteiger partial charge < -0.3 is 5.32 Å². The highest BCUT2D eigenvalue weighted by Gasteiger charge is 2.28. The highest BCUT2D eigenvalue weighted by Crippen LogP contribution is 2.24. The van der Waals surface area contributed by atoms with Crippen LogP contribution in [0.25, 0.3) is 0 Å². The van der Waals surface area contributed by atoms with Gasteiger partial charge in [0, 0.05) is 23.6 Å². The van der Waals surface area contributed by atoms with Crippen molar-refractivity contribution in [2.24, 2.45) is 7.05 Å². The molecule has 22 heavy (non-hydrogen) atoms. The van der Waals surface area contributed by atoms with Crippen LogP contribution in [-0.4, -0.2) is 15.7 Å². The number of nitrogens with one attached hydrogen (secondary N) is 1. The zero-order valence-corrected chi connectivity index (χ0v) is 12.7. The van der Waals surface area contributed by atoms with E-state index >= 15 is 0 Å². The Hall–Kier alpha value is -1.73. The fraction of sp³-hybridized carbons (Fsp3) is 0.231. The topological polar surface area (TPSA) is 46.9 Å². The number of aromatic nitrogens is 2. The number of carbonyl (C=O) groups is 1. The Morgan fingerprint density at radius 2 is 2.09 bits per heavy atom. The Labute approximate surface area is 133 Å². The SMILES string of the molecule is Cn1nc(C(F)F)c(C(=O)NCc2cc(Cl)ccc2Cl)c1F. The van der Waals surface area contributed by atoms with Gasteiger partial charge in [0.2, 0.25) is 5.95 Å². The standard InChI is InChI=1S/C13H10Cl2F3N3O/c1-21-12(18)9(10(20-21)11(16)17)13(22)19-5-6-4-7(14)2-3-8(6)15/h2-4,11H,5H2,1H3,(H,19,22). The van der Waals surface area contributed by atoms with Crippen molar-refractivity contribution in [3.05, 3.63) is 51.0 Å². The molecular weight excluding hydrogens is 342 g/mol. The summed E-state index contributed by atoms with van der Waals surface area (Å²) in [5.41, 5.74) is -1.21. The fourth-order valence-electron chi connectivity index (χ4n) is 1.83. The van der Waals surface area contributed by atoms with E-state index in [0.29, 0.717) is 20.3 Å². The molecule has 118 valence electrons. The highest BCUT2D eigenvalue weighted by molar-refractivity contribution is 6.33. The molecular formula is C13H10Cl2F3N3O.